The molecule has 3 rings (SSSR count). The summed E-state index contributed by atoms with van der Waals surface area (Å²) in [6.45, 7) is 2.46. The molecule has 0 spiro atoms. The smallest absolute Gasteiger partial charge is 0.253 e. The molecule has 8 heteroatoms. The normalized spacial score (nSPS) is 15.1. The van der Waals surface area contributed by atoms with E-state index in [1.54, 1.807) is 38.0 Å². The Hall–Kier alpha value is -2.61. The van der Waals surface area contributed by atoms with E-state index in [0.717, 1.165) is 19.3 Å². The van der Waals surface area contributed by atoms with E-state index in [9.17, 15) is 4.79 Å². The predicted molar refractivity (Wildman–Crippen MR) is 96.4 cm³/mol. The number of rotatable bonds is 7. The maximum Gasteiger partial charge on any atom is 0.253 e. The number of methoxy groups -OCH3 is 1. The zero-order chi connectivity index (χ0) is 18.4. The summed E-state index contributed by atoms with van der Waals surface area (Å²) in [6, 6.07) is 5.65. The van der Waals surface area contributed by atoms with E-state index in [4.69, 9.17) is 15.2 Å². The number of ether oxygens (including phenoxy) is 2. The molecular weight excluding hydrogens is 334 g/mol. The van der Waals surface area contributed by atoms with Gasteiger partial charge in [-0.1, -0.05) is 0 Å². The lowest BCUT2D eigenvalue weighted by molar-refractivity contribution is 0.0694. The summed E-state index contributed by atoms with van der Waals surface area (Å²) in [4.78, 5) is 14.7. The minimum Gasteiger partial charge on any atom is -0.493 e. The van der Waals surface area contributed by atoms with Crippen LogP contribution in [0.2, 0.25) is 0 Å². The molecule has 8 nitrogen and oxygen atoms in total. The monoisotopic (exact) mass is 359 g/mol. The van der Waals surface area contributed by atoms with Crippen LogP contribution in [0.5, 0.6) is 11.5 Å². The molecular formula is C18H25N5O3. The predicted octanol–water partition coefficient (Wildman–Crippen LogP) is 1.49. The van der Waals surface area contributed by atoms with Crippen LogP contribution in [0.1, 0.15) is 35.7 Å². The lowest BCUT2D eigenvalue weighted by Gasteiger charge is -2.32. The molecule has 140 valence electrons. The van der Waals surface area contributed by atoms with E-state index >= 15 is 0 Å². The number of hydrogen-bond acceptors (Lipinski definition) is 6. The van der Waals surface area contributed by atoms with Crippen molar-refractivity contribution in [2.45, 2.75) is 25.3 Å². The largest absolute Gasteiger partial charge is 0.493 e. The second-order valence-electron chi connectivity index (χ2n) is 6.29. The third-order valence-corrected chi connectivity index (χ3v) is 4.63. The van der Waals surface area contributed by atoms with E-state index in [1.807, 2.05) is 9.47 Å². The molecule has 0 unspecified atom stereocenters. The molecule has 2 heterocycles. The Morgan fingerprint density at radius 3 is 2.62 bits per heavy atom. The minimum atomic E-state index is 0.0125. The fourth-order valence-corrected chi connectivity index (χ4v) is 3.13. The van der Waals surface area contributed by atoms with Crippen LogP contribution in [0, 0.1) is 0 Å². The van der Waals surface area contributed by atoms with E-state index in [1.165, 1.54) is 0 Å². The highest BCUT2D eigenvalue weighted by molar-refractivity contribution is 5.95. The highest BCUT2D eigenvalue weighted by Crippen LogP contribution is 2.30. The zero-order valence-electron chi connectivity index (χ0n) is 15.0. The standard InChI is InChI=1S/C18H25N5O3/c1-25-16-4-3-14(11-17(16)26-10-2-7-19)18(24)22-8-5-15(6-9-22)23-12-20-21-13-23/h3-4,11-13,15H,2,5-10,19H2,1H3. The Morgan fingerprint density at radius 2 is 1.96 bits per heavy atom. The second kappa shape index (κ2) is 8.66. The molecule has 1 aromatic heterocycles. The number of hydrogen-bond donors (Lipinski definition) is 1. The first kappa shape index (κ1) is 18.2. The van der Waals surface area contributed by atoms with Gasteiger partial charge in [0.1, 0.15) is 12.7 Å². The molecule has 1 saturated heterocycles. The van der Waals surface area contributed by atoms with Crippen molar-refractivity contribution in [2.75, 3.05) is 33.4 Å². The van der Waals surface area contributed by atoms with Gasteiger partial charge in [0.25, 0.3) is 5.91 Å². The van der Waals surface area contributed by atoms with Crippen molar-refractivity contribution in [3.8, 4) is 11.5 Å². The van der Waals surface area contributed by atoms with Gasteiger partial charge in [-0.2, -0.15) is 0 Å². The Morgan fingerprint density at radius 1 is 1.23 bits per heavy atom. The van der Waals surface area contributed by atoms with Crippen molar-refractivity contribution in [3.63, 3.8) is 0 Å². The molecule has 1 aromatic carbocycles. The number of carbonyl (C=O) groups excluding carboxylic acids is 1. The summed E-state index contributed by atoms with van der Waals surface area (Å²) in [7, 11) is 1.59. The van der Waals surface area contributed by atoms with E-state index in [0.29, 0.717) is 49.3 Å². The average Bonchev–Trinajstić information content (AvgIpc) is 3.22. The molecule has 0 aliphatic carbocycles. The van der Waals surface area contributed by atoms with Gasteiger partial charge in [-0.05, 0) is 44.0 Å². The number of carbonyl (C=O) groups is 1. The lowest BCUT2D eigenvalue weighted by atomic mass is 10.0. The maximum atomic E-state index is 12.9. The summed E-state index contributed by atoms with van der Waals surface area (Å²) in [5.41, 5.74) is 6.11. The van der Waals surface area contributed by atoms with Crippen molar-refractivity contribution in [2.24, 2.45) is 5.73 Å². The van der Waals surface area contributed by atoms with Crippen LogP contribution in [0.4, 0.5) is 0 Å². The molecule has 0 saturated carbocycles. The van der Waals surface area contributed by atoms with Crippen molar-refractivity contribution in [3.05, 3.63) is 36.4 Å². The summed E-state index contributed by atoms with van der Waals surface area (Å²) in [5, 5.41) is 7.71. The first-order chi connectivity index (χ1) is 12.7. The number of benzene rings is 1. The number of aromatic nitrogens is 3. The van der Waals surface area contributed by atoms with Crippen molar-refractivity contribution >= 4 is 5.91 Å². The third kappa shape index (κ3) is 4.13. The molecule has 2 N–H and O–H groups in total. The molecule has 2 aromatic rings. The van der Waals surface area contributed by atoms with Crippen LogP contribution >= 0.6 is 0 Å². The van der Waals surface area contributed by atoms with Crippen molar-refractivity contribution < 1.29 is 14.3 Å². The van der Waals surface area contributed by atoms with Crippen LogP contribution in [0.15, 0.2) is 30.9 Å². The van der Waals surface area contributed by atoms with Gasteiger partial charge >= 0.3 is 0 Å². The van der Waals surface area contributed by atoms with Crippen LogP contribution in [-0.4, -0.2) is 58.9 Å². The van der Waals surface area contributed by atoms with Crippen molar-refractivity contribution in [1.29, 1.82) is 0 Å². The number of nitrogens with two attached hydrogens (primary N) is 1. The average molecular weight is 359 g/mol. The molecule has 0 bridgehead atoms. The fourth-order valence-electron chi connectivity index (χ4n) is 3.13. The highest BCUT2D eigenvalue weighted by Gasteiger charge is 2.25. The Balaban J connectivity index is 1.65. The molecule has 1 aliphatic rings. The third-order valence-electron chi connectivity index (χ3n) is 4.63. The number of amides is 1. The van der Waals surface area contributed by atoms with Crippen LogP contribution in [0.25, 0.3) is 0 Å². The van der Waals surface area contributed by atoms with Crippen molar-refractivity contribution in [1.82, 2.24) is 19.7 Å². The van der Waals surface area contributed by atoms with Gasteiger partial charge in [0.2, 0.25) is 0 Å². The summed E-state index contributed by atoms with van der Waals surface area (Å²) in [6.07, 6.45) is 5.99. The molecule has 1 amide bonds. The highest BCUT2D eigenvalue weighted by atomic mass is 16.5. The van der Waals surface area contributed by atoms with Crippen LogP contribution in [-0.2, 0) is 0 Å². The van der Waals surface area contributed by atoms with Gasteiger partial charge in [-0.3, -0.25) is 4.79 Å². The number of nitrogens with zero attached hydrogens (tertiary/aromatic N) is 4. The number of likely N-dealkylation sites (tertiary alicyclic amines) is 1. The number of piperidine rings is 1. The molecule has 0 radical (unpaired) electrons. The van der Waals surface area contributed by atoms with Gasteiger partial charge in [0.05, 0.1) is 13.7 Å². The first-order valence-corrected chi connectivity index (χ1v) is 8.87. The lowest BCUT2D eigenvalue weighted by Crippen LogP contribution is -2.38. The van der Waals surface area contributed by atoms with E-state index < -0.39 is 0 Å². The first-order valence-electron chi connectivity index (χ1n) is 8.87. The van der Waals surface area contributed by atoms with Gasteiger partial charge in [0, 0.05) is 24.7 Å². The molecule has 1 aliphatic heterocycles. The minimum absolute atomic E-state index is 0.0125. The quantitative estimate of drug-likeness (QED) is 0.753. The molecule has 0 atom stereocenters. The van der Waals surface area contributed by atoms with Gasteiger partial charge in [0.15, 0.2) is 11.5 Å². The second-order valence-corrected chi connectivity index (χ2v) is 6.29. The Labute approximate surface area is 152 Å². The topological polar surface area (TPSA) is 95.5 Å². The van der Waals surface area contributed by atoms with Crippen LogP contribution in [0.3, 0.4) is 0 Å². The fraction of sp³-hybridized carbons (Fsp3) is 0.500. The van der Waals surface area contributed by atoms with Gasteiger partial charge in [-0.25, -0.2) is 0 Å². The SMILES string of the molecule is COc1ccc(C(=O)N2CCC(n3cnnc3)CC2)cc1OCCCN. The molecule has 1 fully saturated rings. The maximum absolute atomic E-state index is 12.9. The van der Waals surface area contributed by atoms with Crippen LogP contribution < -0.4 is 15.2 Å². The Bertz CT molecular complexity index is 712. The zero-order valence-corrected chi connectivity index (χ0v) is 15.0. The summed E-state index contributed by atoms with van der Waals surface area (Å²) >= 11 is 0. The Kier molecular flexibility index (Phi) is 6.06. The summed E-state index contributed by atoms with van der Waals surface area (Å²) in [5.74, 6) is 1.20. The summed E-state index contributed by atoms with van der Waals surface area (Å²) < 4.78 is 13.0. The van der Waals surface area contributed by atoms with Gasteiger partial charge in [-0.15, -0.1) is 10.2 Å². The molecule has 26 heavy (non-hydrogen) atoms. The van der Waals surface area contributed by atoms with E-state index in [-0.39, 0.29) is 5.91 Å². The van der Waals surface area contributed by atoms with E-state index in [2.05, 4.69) is 10.2 Å². The van der Waals surface area contributed by atoms with Gasteiger partial charge < -0.3 is 24.7 Å².